The third-order valence-corrected chi connectivity index (χ3v) is 4.97. The van der Waals surface area contributed by atoms with Gasteiger partial charge in [0.15, 0.2) is 0 Å². The molecule has 0 aliphatic carbocycles. The van der Waals surface area contributed by atoms with Crippen LogP contribution in [0.25, 0.3) is 0 Å². The zero-order valence-electron chi connectivity index (χ0n) is 20.0. The minimum Gasteiger partial charge on any atom is -0.756 e. The molecule has 6 nitrogen and oxygen atoms in total. The number of unbranched alkanes of at least 4 members (excludes halogenated alkanes) is 4. The standard InChI is InChI=1S/C11H22BO6P.2C5H12/c1-7(2)16-9-5-11(12)17-10(9)6-15-19(13,14)18-8(3)4;2*1-3-5-4-2/h7-11H,5-6H2,1-4H3,(H,13,14);2*3-5H2,1-2H3/p-1/t9?,10-,11-;;/m1../s1. The number of phosphoric ester groups is 1. The van der Waals surface area contributed by atoms with E-state index in [1.807, 2.05) is 13.8 Å². The summed E-state index contributed by atoms with van der Waals surface area (Å²) >= 11 is 0. The summed E-state index contributed by atoms with van der Waals surface area (Å²) in [5.41, 5.74) is 0. The normalized spacial score (nSPS) is 23.2. The van der Waals surface area contributed by atoms with Gasteiger partial charge in [-0.3, -0.25) is 4.57 Å². The van der Waals surface area contributed by atoms with Crippen LogP contribution in [0.4, 0.5) is 0 Å². The maximum Gasteiger partial charge on any atom is 0.268 e. The molecule has 0 aromatic heterocycles. The molecule has 2 radical (unpaired) electrons. The van der Waals surface area contributed by atoms with E-state index < -0.39 is 26.0 Å². The molecule has 1 heterocycles. The summed E-state index contributed by atoms with van der Waals surface area (Å²) in [5, 5.41) is 0. The van der Waals surface area contributed by atoms with E-state index in [9.17, 15) is 9.46 Å². The molecule has 0 amide bonds. The molecule has 174 valence electrons. The van der Waals surface area contributed by atoms with E-state index in [1.165, 1.54) is 38.5 Å². The first-order valence-corrected chi connectivity index (χ1v) is 12.7. The topological polar surface area (TPSA) is 77.1 Å². The molecule has 2 unspecified atom stereocenters. The summed E-state index contributed by atoms with van der Waals surface area (Å²) < 4.78 is 32.0. The number of hydrogen-bond donors (Lipinski definition) is 0. The first-order chi connectivity index (χ1) is 13.5. The molecular formula is C21H45BO6P-. The van der Waals surface area contributed by atoms with Gasteiger partial charge >= 0.3 is 0 Å². The van der Waals surface area contributed by atoms with Gasteiger partial charge in [-0.15, -0.1) is 0 Å². The Bertz CT molecular complexity index is 399. The zero-order valence-corrected chi connectivity index (χ0v) is 20.9. The smallest absolute Gasteiger partial charge is 0.268 e. The van der Waals surface area contributed by atoms with Gasteiger partial charge in [0.2, 0.25) is 0 Å². The second-order valence-corrected chi connectivity index (χ2v) is 9.14. The zero-order chi connectivity index (χ0) is 22.9. The van der Waals surface area contributed by atoms with Crippen LogP contribution in [0.1, 0.15) is 100 Å². The third-order valence-electron chi connectivity index (χ3n) is 3.83. The highest BCUT2D eigenvalue weighted by Crippen LogP contribution is 2.40. The van der Waals surface area contributed by atoms with E-state index in [1.54, 1.807) is 13.8 Å². The Kier molecular flexibility index (Phi) is 20.3. The van der Waals surface area contributed by atoms with E-state index in [4.69, 9.17) is 26.4 Å². The molecule has 8 heteroatoms. The fourth-order valence-corrected chi connectivity index (χ4v) is 3.46. The number of hydrogen-bond acceptors (Lipinski definition) is 6. The first kappa shape index (κ1) is 31.3. The Labute approximate surface area is 181 Å². The Balaban J connectivity index is 0. The number of rotatable bonds is 11. The van der Waals surface area contributed by atoms with Crippen molar-refractivity contribution in [1.82, 2.24) is 0 Å². The molecule has 0 aromatic rings. The molecule has 1 rings (SSSR count). The monoisotopic (exact) mass is 435 g/mol. The van der Waals surface area contributed by atoms with E-state index >= 15 is 0 Å². The van der Waals surface area contributed by atoms with Gasteiger partial charge in [0, 0.05) is 6.00 Å². The van der Waals surface area contributed by atoms with E-state index in [0.29, 0.717) is 6.42 Å². The van der Waals surface area contributed by atoms with E-state index in [2.05, 4.69) is 27.7 Å². The summed E-state index contributed by atoms with van der Waals surface area (Å²) in [4.78, 5) is 11.5. The molecule has 4 atom stereocenters. The van der Waals surface area contributed by atoms with Crippen LogP contribution in [0, 0.1) is 0 Å². The van der Waals surface area contributed by atoms with Gasteiger partial charge in [-0.05, 0) is 34.1 Å². The van der Waals surface area contributed by atoms with Gasteiger partial charge in [-0.1, -0.05) is 66.2 Å². The maximum absolute atomic E-state index is 11.5. The largest absolute Gasteiger partial charge is 0.756 e. The second kappa shape index (κ2) is 18.8. The van der Waals surface area contributed by atoms with Crippen LogP contribution in [0.5, 0.6) is 0 Å². The molecule has 1 aliphatic heterocycles. The average molecular weight is 435 g/mol. The fourth-order valence-electron chi connectivity index (χ4n) is 2.55. The third kappa shape index (κ3) is 19.8. The molecular weight excluding hydrogens is 390 g/mol. The fraction of sp³-hybridized carbons (Fsp3) is 1.00. The van der Waals surface area contributed by atoms with Crippen molar-refractivity contribution in [2.24, 2.45) is 0 Å². The first-order valence-electron chi connectivity index (χ1n) is 11.2. The minimum atomic E-state index is -4.31. The van der Waals surface area contributed by atoms with Crippen LogP contribution < -0.4 is 4.89 Å². The van der Waals surface area contributed by atoms with Gasteiger partial charge in [0.1, 0.15) is 14.0 Å². The molecule has 0 N–H and O–H groups in total. The van der Waals surface area contributed by atoms with E-state index in [-0.39, 0.29) is 18.8 Å². The highest BCUT2D eigenvalue weighted by Gasteiger charge is 2.35. The summed E-state index contributed by atoms with van der Waals surface area (Å²) in [7, 11) is 1.37. The van der Waals surface area contributed by atoms with E-state index in [0.717, 1.165) is 0 Å². The lowest BCUT2D eigenvalue weighted by Gasteiger charge is -2.28. The highest BCUT2D eigenvalue weighted by molar-refractivity contribution is 7.45. The van der Waals surface area contributed by atoms with Crippen molar-refractivity contribution in [2.75, 3.05) is 6.61 Å². The molecule has 29 heavy (non-hydrogen) atoms. The Morgan fingerprint density at radius 1 is 1.00 bits per heavy atom. The lowest BCUT2D eigenvalue weighted by Crippen LogP contribution is -2.31. The molecule has 0 aromatic carbocycles. The van der Waals surface area contributed by atoms with Crippen molar-refractivity contribution in [3.05, 3.63) is 0 Å². The lowest BCUT2D eigenvalue weighted by molar-refractivity contribution is -0.231. The van der Waals surface area contributed by atoms with Crippen molar-refractivity contribution in [3.8, 4) is 0 Å². The second-order valence-electron chi connectivity index (χ2n) is 7.78. The Hall–Kier alpha value is 0.0949. The Morgan fingerprint density at radius 2 is 1.48 bits per heavy atom. The highest BCUT2D eigenvalue weighted by atomic mass is 31.2. The van der Waals surface area contributed by atoms with Crippen LogP contribution in [0.3, 0.4) is 0 Å². The maximum atomic E-state index is 11.5. The van der Waals surface area contributed by atoms with Crippen LogP contribution in [-0.2, 0) is 23.1 Å². The van der Waals surface area contributed by atoms with Crippen molar-refractivity contribution < 1.29 is 28.0 Å². The molecule has 0 saturated carbocycles. The summed E-state index contributed by atoms with van der Waals surface area (Å²) in [6, 6.07) is -0.464. The molecule has 1 saturated heterocycles. The van der Waals surface area contributed by atoms with Gasteiger partial charge in [0.25, 0.3) is 7.82 Å². The van der Waals surface area contributed by atoms with Crippen molar-refractivity contribution in [2.45, 2.75) is 131 Å². The SMILES string of the molecule is CCCCC.CCCCC.[B][C@H]1CC(OC(C)C)[C@@H](COP(=O)([O-])OC(C)C)O1. The molecule has 1 aliphatic rings. The van der Waals surface area contributed by atoms with Gasteiger partial charge in [0.05, 0.1) is 24.9 Å². The van der Waals surface area contributed by atoms with Gasteiger partial charge in [-0.2, -0.15) is 0 Å². The summed E-state index contributed by atoms with van der Waals surface area (Å²) in [5.74, 6) is 0. The lowest BCUT2D eigenvalue weighted by atomic mass is 9.96. The minimum absolute atomic E-state index is 0.00682. The van der Waals surface area contributed by atoms with Crippen molar-refractivity contribution in [3.63, 3.8) is 0 Å². The molecule has 1 fully saturated rings. The average Bonchev–Trinajstić information content (AvgIpc) is 2.93. The summed E-state index contributed by atoms with van der Waals surface area (Å²) in [6.07, 6.45) is 7.44. The summed E-state index contributed by atoms with van der Waals surface area (Å²) in [6.45, 7) is 15.7. The van der Waals surface area contributed by atoms with Crippen LogP contribution >= 0.6 is 7.82 Å². The molecule has 0 spiro atoms. The van der Waals surface area contributed by atoms with Crippen LogP contribution in [-0.4, -0.2) is 44.9 Å². The predicted octanol–water partition coefficient (Wildman–Crippen LogP) is 5.37. The predicted molar refractivity (Wildman–Crippen MR) is 119 cm³/mol. The Morgan fingerprint density at radius 3 is 1.83 bits per heavy atom. The molecule has 0 bridgehead atoms. The van der Waals surface area contributed by atoms with Crippen molar-refractivity contribution in [1.29, 1.82) is 0 Å². The van der Waals surface area contributed by atoms with Gasteiger partial charge in [-0.25, -0.2) is 0 Å². The number of ether oxygens (including phenoxy) is 2. The quantitative estimate of drug-likeness (QED) is 0.321. The van der Waals surface area contributed by atoms with Crippen molar-refractivity contribution >= 4 is 15.7 Å². The van der Waals surface area contributed by atoms with Crippen LogP contribution in [0.15, 0.2) is 0 Å². The van der Waals surface area contributed by atoms with Gasteiger partial charge < -0.3 is 23.4 Å². The van der Waals surface area contributed by atoms with Crippen LogP contribution in [0.2, 0.25) is 0 Å². The number of phosphoric acid groups is 1.